The zero-order valence-corrected chi connectivity index (χ0v) is 9.38. The summed E-state index contributed by atoms with van der Waals surface area (Å²) < 4.78 is 12.6. The summed E-state index contributed by atoms with van der Waals surface area (Å²) in [5.41, 5.74) is 0.849. The first-order valence-corrected chi connectivity index (χ1v) is 5.14. The average molecular weight is 230 g/mol. The second-order valence-corrected chi connectivity index (χ2v) is 4.05. The number of hydrogen-bond acceptors (Lipinski definition) is 1. The highest BCUT2D eigenvalue weighted by Gasteiger charge is 2.13. The topological polar surface area (TPSA) is 29.1 Å². The van der Waals surface area contributed by atoms with Crippen molar-refractivity contribution in [2.45, 2.75) is 25.3 Å². The van der Waals surface area contributed by atoms with Crippen LogP contribution in [0.1, 0.15) is 25.5 Å². The Morgan fingerprint density at radius 1 is 1.33 bits per heavy atom. The van der Waals surface area contributed by atoms with Gasteiger partial charge in [-0.25, -0.2) is 4.39 Å². The van der Waals surface area contributed by atoms with E-state index in [0.29, 0.717) is 0 Å². The fourth-order valence-corrected chi connectivity index (χ4v) is 1.23. The second-order valence-electron chi connectivity index (χ2n) is 3.40. The number of benzene rings is 1. The summed E-state index contributed by atoms with van der Waals surface area (Å²) in [5.74, 6) is -0.517. The molecule has 0 fully saturated rings. The Kier molecular flexibility index (Phi) is 4.09. The molecule has 0 radical (unpaired) electrons. The van der Waals surface area contributed by atoms with Crippen LogP contribution in [0.5, 0.6) is 0 Å². The van der Waals surface area contributed by atoms with Crippen LogP contribution in [0, 0.1) is 5.82 Å². The summed E-state index contributed by atoms with van der Waals surface area (Å²) in [5, 5.41) is 2.16. The van der Waals surface area contributed by atoms with Crippen molar-refractivity contribution in [2.75, 3.05) is 0 Å². The van der Waals surface area contributed by atoms with E-state index in [1.54, 1.807) is 19.1 Å². The number of rotatable bonds is 3. The van der Waals surface area contributed by atoms with Crippen LogP contribution in [0.3, 0.4) is 0 Å². The molecular weight excluding hydrogens is 217 g/mol. The molecule has 4 heteroatoms. The lowest BCUT2D eigenvalue weighted by atomic mass is 10.1. The molecule has 0 bridgehead atoms. The fourth-order valence-electron chi connectivity index (χ4n) is 1.16. The van der Waals surface area contributed by atoms with Crippen LogP contribution < -0.4 is 5.32 Å². The minimum absolute atomic E-state index is 0.167. The van der Waals surface area contributed by atoms with E-state index in [4.69, 9.17) is 11.6 Å². The molecule has 0 aromatic heterocycles. The van der Waals surface area contributed by atoms with Crippen molar-refractivity contribution >= 4 is 17.5 Å². The summed E-state index contributed by atoms with van der Waals surface area (Å²) in [6, 6.07) is 5.84. The van der Waals surface area contributed by atoms with Crippen molar-refractivity contribution in [3.8, 4) is 0 Å². The van der Waals surface area contributed by atoms with Crippen molar-refractivity contribution in [1.82, 2.24) is 5.32 Å². The quantitative estimate of drug-likeness (QED) is 0.794. The molecule has 1 rings (SSSR count). The molecule has 15 heavy (non-hydrogen) atoms. The molecular formula is C11H13ClFNO. The van der Waals surface area contributed by atoms with Crippen LogP contribution in [0.2, 0.25) is 0 Å². The molecule has 0 aliphatic heterocycles. The number of nitrogens with one attached hydrogen (secondary N) is 1. The maximum absolute atomic E-state index is 12.6. The molecule has 1 amide bonds. The lowest BCUT2D eigenvalue weighted by molar-refractivity contribution is -0.121. The van der Waals surface area contributed by atoms with E-state index in [0.717, 1.165) is 5.56 Å². The monoisotopic (exact) mass is 229 g/mol. The maximum Gasteiger partial charge on any atom is 0.238 e. The minimum Gasteiger partial charge on any atom is -0.348 e. The minimum atomic E-state index is -0.562. The van der Waals surface area contributed by atoms with Crippen molar-refractivity contribution in [2.24, 2.45) is 0 Å². The highest BCUT2D eigenvalue weighted by Crippen LogP contribution is 2.13. The van der Waals surface area contributed by atoms with E-state index in [1.165, 1.54) is 12.1 Å². The van der Waals surface area contributed by atoms with Gasteiger partial charge in [0.1, 0.15) is 11.2 Å². The molecule has 1 aromatic carbocycles. The van der Waals surface area contributed by atoms with Gasteiger partial charge in [0.25, 0.3) is 0 Å². The van der Waals surface area contributed by atoms with Crippen LogP contribution in [0.4, 0.5) is 4.39 Å². The third-order valence-electron chi connectivity index (χ3n) is 2.09. The molecule has 0 spiro atoms. The largest absolute Gasteiger partial charge is 0.348 e. The van der Waals surface area contributed by atoms with Gasteiger partial charge in [-0.1, -0.05) is 12.1 Å². The average Bonchev–Trinajstić information content (AvgIpc) is 2.18. The maximum atomic E-state index is 12.6. The number of alkyl halides is 1. The van der Waals surface area contributed by atoms with E-state index in [2.05, 4.69) is 5.32 Å². The van der Waals surface area contributed by atoms with Crippen molar-refractivity contribution in [1.29, 1.82) is 0 Å². The molecule has 82 valence electrons. The Morgan fingerprint density at radius 3 is 2.33 bits per heavy atom. The van der Waals surface area contributed by atoms with Gasteiger partial charge in [-0.2, -0.15) is 0 Å². The zero-order valence-electron chi connectivity index (χ0n) is 8.63. The van der Waals surface area contributed by atoms with Crippen molar-refractivity contribution in [3.63, 3.8) is 0 Å². The van der Waals surface area contributed by atoms with Crippen LogP contribution >= 0.6 is 11.6 Å². The number of carbonyl (C=O) groups excluding carboxylic acids is 1. The van der Waals surface area contributed by atoms with Gasteiger partial charge >= 0.3 is 0 Å². The number of carbonyl (C=O) groups is 1. The number of amides is 1. The van der Waals surface area contributed by atoms with Gasteiger partial charge in [0.2, 0.25) is 5.91 Å². The Balaban J connectivity index is 2.65. The molecule has 0 aliphatic carbocycles. The van der Waals surface area contributed by atoms with Crippen molar-refractivity contribution < 1.29 is 9.18 Å². The van der Waals surface area contributed by atoms with Gasteiger partial charge in [0.15, 0.2) is 0 Å². The van der Waals surface area contributed by atoms with E-state index >= 15 is 0 Å². The second kappa shape index (κ2) is 5.12. The first kappa shape index (κ1) is 12.0. The summed E-state index contributed by atoms with van der Waals surface area (Å²) in [4.78, 5) is 11.3. The van der Waals surface area contributed by atoms with Crippen molar-refractivity contribution in [3.05, 3.63) is 35.6 Å². The van der Waals surface area contributed by atoms with Gasteiger partial charge < -0.3 is 5.32 Å². The zero-order chi connectivity index (χ0) is 11.4. The SMILES string of the molecule is C[C@@H](Cl)C(=O)N[C@H](C)c1ccc(F)cc1. The number of hydrogen-bond donors (Lipinski definition) is 1. The Hall–Kier alpha value is -1.09. The smallest absolute Gasteiger partial charge is 0.238 e. The van der Waals surface area contributed by atoms with Crippen LogP contribution in [0.15, 0.2) is 24.3 Å². The highest BCUT2D eigenvalue weighted by molar-refractivity contribution is 6.30. The molecule has 0 saturated heterocycles. The van der Waals surface area contributed by atoms with E-state index in [9.17, 15) is 9.18 Å². The summed E-state index contributed by atoms with van der Waals surface area (Å²) in [7, 11) is 0. The Bertz CT molecular complexity index is 337. The van der Waals surface area contributed by atoms with Gasteiger partial charge in [-0.05, 0) is 31.5 Å². The molecule has 0 saturated carbocycles. The fraction of sp³-hybridized carbons (Fsp3) is 0.364. The molecule has 0 heterocycles. The highest BCUT2D eigenvalue weighted by atomic mass is 35.5. The third kappa shape index (κ3) is 3.51. The molecule has 2 nitrogen and oxygen atoms in total. The predicted octanol–water partition coefficient (Wildman–Crippen LogP) is 2.63. The molecule has 0 unspecified atom stereocenters. The first-order chi connectivity index (χ1) is 7.00. The van der Waals surface area contributed by atoms with Gasteiger partial charge in [-0.15, -0.1) is 11.6 Å². The van der Waals surface area contributed by atoms with E-state index < -0.39 is 5.38 Å². The summed E-state index contributed by atoms with van der Waals surface area (Å²) in [6.07, 6.45) is 0. The molecule has 1 N–H and O–H groups in total. The standard InChI is InChI=1S/C11H13ClFNO/c1-7(12)11(15)14-8(2)9-3-5-10(13)6-4-9/h3-8H,1-2H3,(H,14,15)/t7-,8-/m1/s1. The Labute approximate surface area is 93.4 Å². The van der Waals surface area contributed by atoms with Crippen LogP contribution in [0.25, 0.3) is 0 Å². The molecule has 1 aromatic rings. The third-order valence-corrected chi connectivity index (χ3v) is 2.29. The first-order valence-electron chi connectivity index (χ1n) is 4.70. The summed E-state index contributed by atoms with van der Waals surface area (Å²) in [6.45, 7) is 3.43. The van der Waals surface area contributed by atoms with Gasteiger partial charge in [-0.3, -0.25) is 4.79 Å². The summed E-state index contributed by atoms with van der Waals surface area (Å²) >= 11 is 5.61. The lowest BCUT2D eigenvalue weighted by Crippen LogP contribution is -2.31. The van der Waals surface area contributed by atoms with Gasteiger partial charge in [0, 0.05) is 0 Å². The van der Waals surface area contributed by atoms with E-state index in [1.807, 2.05) is 6.92 Å². The Morgan fingerprint density at radius 2 is 1.87 bits per heavy atom. The predicted molar refractivity (Wildman–Crippen MR) is 58.3 cm³/mol. The lowest BCUT2D eigenvalue weighted by Gasteiger charge is -2.15. The molecule has 0 aliphatic rings. The number of halogens is 2. The van der Waals surface area contributed by atoms with Crippen LogP contribution in [-0.2, 0) is 4.79 Å². The van der Waals surface area contributed by atoms with Gasteiger partial charge in [0.05, 0.1) is 6.04 Å². The molecule has 2 atom stereocenters. The van der Waals surface area contributed by atoms with E-state index in [-0.39, 0.29) is 17.8 Å². The van der Waals surface area contributed by atoms with Crippen LogP contribution in [-0.4, -0.2) is 11.3 Å². The normalized spacial score (nSPS) is 14.4.